The molecule has 6 heteroatoms. The number of carbonyl (C=O) groups is 2. The van der Waals surface area contributed by atoms with Crippen LogP contribution in [0.2, 0.25) is 0 Å². The number of aryl methyl sites for hydroxylation is 2. The Hall–Kier alpha value is -2.60. The monoisotopic (exact) mass is 399 g/mol. The highest BCUT2D eigenvalue weighted by molar-refractivity contribution is 5.96. The van der Waals surface area contributed by atoms with E-state index >= 15 is 0 Å². The van der Waals surface area contributed by atoms with Crippen molar-refractivity contribution in [3.05, 3.63) is 59.4 Å². The molecule has 1 aromatic heterocycles. The molecule has 0 aliphatic rings. The maximum Gasteiger partial charge on any atom is 0.254 e. The summed E-state index contributed by atoms with van der Waals surface area (Å²) in [6, 6.07) is 11.4. The minimum atomic E-state index is -0.113. The lowest BCUT2D eigenvalue weighted by molar-refractivity contribution is -0.133. The lowest BCUT2D eigenvalue weighted by Gasteiger charge is -2.31. The smallest absolute Gasteiger partial charge is 0.254 e. The van der Waals surface area contributed by atoms with E-state index < -0.39 is 0 Å². The molecule has 6 nitrogen and oxygen atoms in total. The van der Waals surface area contributed by atoms with E-state index in [0.29, 0.717) is 25.3 Å². The highest BCUT2D eigenvalue weighted by Crippen LogP contribution is 2.14. The highest BCUT2D eigenvalue weighted by atomic mass is 16.5. The van der Waals surface area contributed by atoms with Gasteiger partial charge in [0.1, 0.15) is 6.54 Å². The standard InChI is InChI=1S/C23H33N3O3/c1-6-19(3)26(23(28)20-11-9-18(2)10-12-20)17-22(27)25(14-15-29-5)16-21-8-7-13-24(21)4/h7-13,19H,6,14-17H2,1-5H3. The molecule has 1 atom stereocenters. The van der Waals surface area contributed by atoms with Gasteiger partial charge in [0.25, 0.3) is 5.91 Å². The Balaban J connectivity index is 2.19. The number of rotatable bonds is 10. The van der Waals surface area contributed by atoms with E-state index in [1.807, 2.05) is 75.0 Å². The fraction of sp³-hybridized carbons (Fsp3) is 0.478. The van der Waals surface area contributed by atoms with Crippen molar-refractivity contribution < 1.29 is 14.3 Å². The first kappa shape index (κ1) is 22.7. The fourth-order valence-electron chi connectivity index (χ4n) is 3.11. The quantitative estimate of drug-likeness (QED) is 0.616. The van der Waals surface area contributed by atoms with E-state index in [-0.39, 0.29) is 24.4 Å². The molecule has 0 spiro atoms. The average molecular weight is 400 g/mol. The predicted octanol–water partition coefficient (Wildman–Crippen LogP) is 3.25. The van der Waals surface area contributed by atoms with E-state index in [4.69, 9.17) is 4.74 Å². The molecule has 0 aliphatic carbocycles. The minimum Gasteiger partial charge on any atom is -0.383 e. The molecule has 0 saturated carbocycles. The van der Waals surface area contributed by atoms with E-state index in [1.54, 1.807) is 16.9 Å². The van der Waals surface area contributed by atoms with Gasteiger partial charge in [0.05, 0.1) is 13.2 Å². The van der Waals surface area contributed by atoms with Gasteiger partial charge in [-0.05, 0) is 44.5 Å². The molecule has 1 unspecified atom stereocenters. The molecule has 0 bridgehead atoms. The van der Waals surface area contributed by atoms with Crippen molar-refractivity contribution >= 4 is 11.8 Å². The van der Waals surface area contributed by atoms with Crippen molar-refractivity contribution in [3.8, 4) is 0 Å². The van der Waals surface area contributed by atoms with Gasteiger partial charge in [0.2, 0.25) is 5.91 Å². The molecule has 1 heterocycles. The van der Waals surface area contributed by atoms with Crippen molar-refractivity contribution in [2.24, 2.45) is 7.05 Å². The van der Waals surface area contributed by atoms with Crippen molar-refractivity contribution in [2.75, 3.05) is 26.8 Å². The number of carbonyl (C=O) groups excluding carboxylic acids is 2. The summed E-state index contributed by atoms with van der Waals surface area (Å²) in [5.74, 6) is -0.192. The van der Waals surface area contributed by atoms with Crippen LogP contribution in [0.3, 0.4) is 0 Å². The molecule has 0 aliphatic heterocycles. The molecular formula is C23H33N3O3. The largest absolute Gasteiger partial charge is 0.383 e. The van der Waals surface area contributed by atoms with Gasteiger partial charge in [0, 0.05) is 44.2 Å². The number of methoxy groups -OCH3 is 1. The van der Waals surface area contributed by atoms with Gasteiger partial charge >= 0.3 is 0 Å². The van der Waals surface area contributed by atoms with Crippen LogP contribution in [0, 0.1) is 6.92 Å². The number of nitrogens with zero attached hydrogens (tertiary/aromatic N) is 3. The van der Waals surface area contributed by atoms with Crippen molar-refractivity contribution in [2.45, 2.75) is 39.8 Å². The highest BCUT2D eigenvalue weighted by Gasteiger charge is 2.26. The molecule has 2 aromatic rings. The summed E-state index contributed by atoms with van der Waals surface area (Å²) in [6.07, 6.45) is 2.74. The molecule has 0 saturated heterocycles. The molecule has 1 aromatic carbocycles. The molecule has 158 valence electrons. The summed E-state index contributed by atoms with van der Waals surface area (Å²) in [5.41, 5.74) is 2.74. The number of ether oxygens (including phenoxy) is 1. The van der Waals surface area contributed by atoms with Gasteiger partial charge in [-0.2, -0.15) is 0 Å². The van der Waals surface area contributed by atoms with Gasteiger partial charge in [-0.1, -0.05) is 24.6 Å². The predicted molar refractivity (Wildman–Crippen MR) is 115 cm³/mol. The summed E-state index contributed by atoms with van der Waals surface area (Å²) in [5, 5.41) is 0. The van der Waals surface area contributed by atoms with Crippen LogP contribution in [-0.4, -0.2) is 59.0 Å². The average Bonchev–Trinajstić information content (AvgIpc) is 3.13. The Morgan fingerprint density at radius 2 is 1.86 bits per heavy atom. The normalized spacial score (nSPS) is 11.9. The second kappa shape index (κ2) is 10.8. The van der Waals surface area contributed by atoms with Gasteiger partial charge in [0.15, 0.2) is 0 Å². The van der Waals surface area contributed by atoms with Crippen LogP contribution in [0.15, 0.2) is 42.6 Å². The number of hydrogen-bond acceptors (Lipinski definition) is 3. The molecule has 2 amide bonds. The first-order chi connectivity index (χ1) is 13.9. The molecule has 0 fully saturated rings. The van der Waals surface area contributed by atoms with Crippen LogP contribution in [0.5, 0.6) is 0 Å². The molecule has 29 heavy (non-hydrogen) atoms. The first-order valence-electron chi connectivity index (χ1n) is 10.1. The van der Waals surface area contributed by atoms with Crippen LogP contribution >= 0.6 is 0 Å². The summed E-state index contributed by atoms with van der Waals surface area (Å²) < 4.78 is 7.19. The van der Waals surface area contributed by atoms with Crippen LogP contribution in [0.25, 0.3) is 0 Å². The van der Waals surface area contributed by atoms with Gasteiger partial charge in [-0.3, -0.25) is 9.59 Å². The van der Waals surface area contributed by atoms with Crippen LogP contribution in [-0.2, 0) is 23.1 Å². The zero-order valence-corrected chi connectivity index (χ0v) is 18.2. The Morgan fingerprint density at radius 3 is 2.41 bits per heavy atom. The number of aromatic nitrogens is 1. The van der Waals surface area contributed by atoms with E-state index in [0.717, 1.165) is 17.7 Å². The first-order valence-corrected chi connectivity index (χ1v) is 10.1. The number of benzene rings is 1. The lowest BCUT2D eigenvalue weighted by atomic mass is 10.1. The van der Waals surface area contributed by atoms with Crippen molar-refractivity contribution in [1.29, 1.82) is 0 Å². The van der Waals surface area contributed by atoms with E-state index in [1.165, 1.54) is 0 Å². The molecule has 0 N–H and O–H groups in total. The summed E-state index contributed by atoms with van der Waals surface area (Å²) >= 11 is 0. The third kappa shape index (κ3) is 6.19. The zero-order valence-electron chi connectivity index (χ0n) is 18.2. The third-order valence-electron chi connectivity index (χ3n) is 5.31. The summed E-state index contributed by atoms with van der Waals surface area (Å²) in [7, 11) is 3.58. The summed E-state index contributed by atoms with van der Waals surface area (Å²) in [6.45, 7) is 7.46. The van der Waals surface area contributed by atoms with Gasteiger partial charge in [-0.15, -0.1) is 0 Å². The maximum atomic E-state index is 13.2. The summed E-state index contributed by atoms with van der Waals surface area (Å²) in [4.78, 5) is 29.7. The van der Waals surface area contributed by atoms with Crippen molar-refractivity contribution in [3.63, 3.8) is 0 Å². The fourth-order valence-corrected chi connectivity index (χ4v) is 3.11. The van der Waals surface area contributed by atoms with Gasteiger partial charge < -0.3 is 19.1 Å². The topological polar surface area (TPSA) is 54.8 Å². The van der Waals surface area contributed by atoms with Crippen LogP contribution < -0.4 is 0 Å². The molecular weight excluding hydrogens is 366 g/mol. The van der Waals surface area contributed by atoms with Crippen LogP contribution in [0.1, 0.15) is 41.9 Å². The lowest BCUT2D eigenvalue weighted by Crippen LogP contribution is -2.47. The molecule has 0 radical (unpaired) electrons. The van der Waals surface area contributed by atoms with Gasteiger partial charge in [-0.25, -0.2) is 0 Å². The van der Waals surface area contributed by atoms with Crippen molar-refractivity contribution in [1.82, 2.24) is 14.4 Å². The maximum absolute atomic E-state index is 13.2. The van der Waals surface area contributed by atoms with Crippen LogP contribution in [0.4, 0.5) is 0 Å². The number of amides is 2. The SMILES string of the molecule is CCC(C)N(CC(=O)N(CCOC)Cc1cccn1C)C(=O)c1ccc(C)cc1. The number of hydrogen-bond donors (Lipinski definition) is 0. The Kier molecular flexibility index (Phi) is 8.46. The Labute approximate surface area is 174 Å². The van der Waals surface area contributed by atoms with E-state index in [9.17, 15) is 9.59 Å². The minimum absolute atomic E-state index is 0.0351. The molecule has 2 rings (SSSR count). The van der Waals surface area contributed by atoms with E-state index in [2.05, 4.69) is 0 Å². The Morgan fingerprint density at radius 1 is 1.17 bits per heavy atom. The second-order valence-corrected chi connectivity index (χ2v) is 7.47. The Bertz CT molecular complexity index is 798. The zero-order chi connectivity index (χ0) is 21.4. The second-order valence-electron chi connectivity index (χ2n) is 7.47. The third-order valence-corrected chi connectivity index (χ3v) is 5.31.